The summed E-state index contributed by atoms with van der Waals surface area (Å²) in [5, 5.41) is 13.1. The molecule has 0 aliphatic carbocycles. The number of nitrogens with zero attached hydrogens (tertiary/aromatic N) is 3. The first-order chi connectivity index (χ1) is 17.0. The summed E-state index contributed by atoms with van der Waals surface area (Å²) in [4.78, 5) is 18.7. The van der Waals surface area contributed by atoms with Crippen molar-refractivity contribution < 1.29 is 36.1 Å². The number of rotatable bonds is 6. The quantitative estimate of drug-likeness (QED) is 0.342. The smallest absolute Gasteiger partial charge is 0.334 e. The van der Waals surface area contributed by atoms with Gasteiger partial charge in [-0.3, -0.25) is 10.0 Å². The van der Waals surface area contributed by atoms with Gasteiger partial charge in [0.05, 0.1) is 10.5 Å². The van der Waals surface area contributed by atoms with E-state index in [0.29, 0.717) is 25.2 Å². The van der Waals surface area contributed by atoms with Crippen LogP contribution in [-0.2, 0) is 20.8 Å². The highest BCUT2D eigenvalue weighted by molar-refractivity contribution is 7.93. The van der Waals surface area contributed by atoms with E-state index < -0.39 is 32.2 Å². The van der Waals surface area contributed by atoms with Crippen LogP contribution < -0.4 is 5.48 Å². The Hall–Kier alpha value is -3.00. The molecule has 37 heavy (non-hydrogen) atoms. The molecule has 1 fully saturated rings. The van der Waals surface area contributed by atoms with Crippen LogP contribution in [0.5, 0.6) is 0 Å². The zero-order valence-electron chi connectivity index (χ0n) is 19.5. The molecule has 0 spiro atoms. The zero-order chi connectivity index (χ0) is 26.1. The van der Waals surface area contributed by atoms with Gasteiger partial charge in [-0.1, -0.05) is 12.1 Å². The lowest BCUT2D eigenvalue weighted by molar-refractivity contribution is -0.137. The van der Waals surface area contributed by atoms with Crippen molar-refractivity contribution in [3.05, 3.63) is 54.1 Å². The van der Waals surface area contributed by atoms with E-state index >= 15 is 0 Å². The molecule has 14 heteroatoms. The molecule has 1 saturated heterocycles. The Bertz CT molecular complexity index is 1340. The molecule has 2 N–H and O–H groups in total. The van der Waals surface area contributed by atoms with E-state index in [1.54, 1.807) is 0 Å². The number of piperidine rings is 1. The van der Waals surface area contributed by atoms with Crippen molar-refractivity contribution in [2.75, 3.05) is 19.6 Å². The average Bonchev–Trinajstić information content (AvgIpc) is 3.38. The number of halogens is 4. The summed E-state index contributed by atoms with van der Waals surface area (Å²) >= 11 is 0. The molecule has 1 amide bonds. The number of alkyl halides is 3. The minimum absolute atomic E-state index is 0. The Morgan fingerprint density at radius 3 is 2.16 bits per heavy atom. The number of sulfone groups is 1. The maximum Gasteiger partial charge on any atom is 0.416 e. The molecule has 200 valence electrons. The van der Waals surface area contributed by atoms with Crippen LogP contribution in [0.1, 0.15) is 25.3 Å². The van der Waals surface area contributed by atoms with Crippen molar-refractivity contribution in [3.63, 3.8) is 0 Å². The molecule has 4 rings (SSSR count). The van der Waals surface area contributed by atoms with Crippen LogP contribution >= 0.6 is 12.4 Å². The highest BCUT2D eigenvalue weighted by atomic mass is 35.5. The fourth-order valence-electron chi connectivity index (χ4n) is 4.22. The third-order valence-corrected chi connectivity index (χ3v) is 8.96. The Balaban J connectivity index is 0.00000380. The number of hydrogen-bond acceptors (Lipinski definition) is 8. The average molecular weight is 561 g/mol. The monoisotopic (exact) mass is 560 g/mol. The van der Waals surface area contributed by atoms with Crippen molar-refractivity contribution in [1.29, 1.82) is 0 Å². The van der Waals surface area contributed by atoms with E-state index in [4.69, 9.17) is 4.52 Å². The molecule has 1 aromatic heterocycles. The molecule has 2 heterocycles. The van der Waals surface area contributed by atoms with Gasteiger partial charge in [0.25, 0.3) is 11.8 Å². The summed E-state index contributed by atoms with van der Waals surface area (Å²) in [6, 6.07) is 9.76. The third-order valence-electron chi connectivity index (χ3n) is 6.45. The standard InChI is InChI=1S/C23H23F3N4O5S.ClH/c1-2-30-13-11-22(12-14-30,21(31)28-32)36(33,34)18-9-5-15(6-10-18)19-27-20(35-29-19)16-3-7-17(8-4-16)23(24,25)26;/h3-10,32H,2,11-14H2,1H3,(H,28,31);1H. The first-order valence-electron chi connectivity index (χ1n) is 11.0. The molecular formula is C23H24ClF3N4O5S. The second-order valence-corrected chi connectivity index (χ2v) is 10.7. The van der Waals surface area contributed by atoms with Crippen molar-refractivity contribution in [2.24, 2.45) is 0 Å². The number of carbonyl (C=O) groups excluding carboxylic acids is 1. The Morgan fingerprint density at radius 1 is 1.08 bits per heavy atom. The van der Waals surface area contributed by atoms with Gasteiger partial charge < -0.3 is 9.42 Å². The Labute approximate surface area is 217 Å². The highest BCUT2D eigenvalue weighted by Crippen LogP contribution is 2.37. The van der Waals surface area contributed by atoms with Gasteiger partial charge in [0.1, 0.15) is 0 Å². The summed E-state index contributed by atoms with van der Waals surface area (Å²) in [5.74, 6) is -0.869. The van der Waals surface area contributed by atoms with Gasteiger partial charge in [0.15, 0.2) is 14.6 Å². The number of benzene rings is 2. The van der Waals surface area contributed by atoms with Crippen molar-refractivity contribution in [2.45, 2.75) is 35.6 Å². The lowest BCUT2D eigenvalue weighted by atomic mass is 9.95. The zero-order valence-corrected chi connectivity index (χ0v) is 21.2. The predicted octanol–water partition coefficient (Wildman–Crippen LogP) is 3.98. The molecule has 0 bridgehead atoms. The predicted molar refractivity (Wildman–Crippen MR) is 129 cm³/mol. The first kappa shape index (κ1) is 28.6. The number of likely N-dealkylation sites (tertiary alicyclic amines) is 1. The van der Waals surface area contributed by atoms with Gasteiger partial charge in [-0.05, 0) is 67.9 Å². The lowest BCUT2D eigenvalue weighted by Crippen LogP contribution is -2.57. The molecule has 3 aromatic rings. The number of nitrogens with one attached hydrogen (secondary N) is 1. The molecule has 2 aromatic carbocycles. The fraction of sp³-hybridized carbons (Fsp3) is 0.348. The topological polar surface area (TPSA) is 126 Å². The summed E-state index contributed by atoms with van der Waals surface area (Å²) < 4.78 is 68.7. The number of carbonyl (C=O) groups is 1. The molecule has 1 aliphatic rings. The van der Waals surface area contributed by atoms with Crippen LogP contribution in [0.2, 0.25) is 0 Å². The molecule has 9 nitrogen and oxygen atoms in total. The third kappa shape index (κ3) is 5.35. The number of aromatic nitrogens is 2. The van der Waals surface area contributed by atoms with E-state index in [1.165, 1.54) is 41.9 Å². The van der Waals surface area contributed by atoms with Gasteiger partial charge in [0.2, 0.25) is 5.82 Å². The van der Waals surface area contributed by atoms with Gasteiger partial charge in [-0.15, -0.1) is 12.4 Å². The van der Waals surface area contributed by atoms with Gasteiger partial charge in [-0.2, -0.15) is 18.2 Å². The summed E-state index contributed by atoms with van der Waals surface area (Å²) in [7, 11) is -4.17. The highest BCUT2D eigenvalue weighted by Gasteiger charge is 2.52. The van der Waals surface area contributed by atoms with Gasteiger partial charge in [0, 0.05) is 24.2 Å². The number of amides is 1. The summed E-state index contributed by atoms with van der Waals surface area (Å²) in [5.41, 5.74) is 1.40. The maximum atomic E-state index is 13.5. The summed E-state index contributed by atoms with van der Waals surface area (Å²) in [6.45, 7) is 3.42. The van der Waals surface area contributed by atoms with Crippen LogP contribution in [0.25, 0.3) is 22.8 Å². The van der Waals surface area contributed by atoms with E-state index in [9.17, 15) is 31.6 Å². The van der Waals surface area contributed by atoms with Crippen molar-refractivity contribution in [1.82, 2.24) is 20.5 Å². The second kappa shape index (κ2) is 10.8. The van der Waals surface area contributed by atoms with Crippen molar-refractivity contribution in [3.8, 4) is 22.8 Å². The Morgan fingerprint density at radius 2 is 1.65 bits per heavy atom. The van der Waals surface area contributed by atoms with Crippen LogP contribution in [0.3, 0.4) is 0 Å². The lowest BCUT2D eigenvalue weighted by Gasteiger charge is -2.39. The molecule has 0 unspecified atom stereocenters. The first-order valence-corrected chi connectivity index (χ1v) is 12.5. The SMILES string of the molecule is CCN1CCC(C(=O)NO)(S(=O)(=O)c2ccc(-c3noc(-c4ccc(C(F)(F)F)cc4)n3)cc2)CC1.Cl. The summed E-state index contributed by atoms with van der Waals surface area (Å²) in [6.07, 6.45) is -4.42. The van der Waals surface area contributed by atoms with Gasteiger partial charge in [-0.25, -0.2) is 13.9 Å². The van der Waals surface area contributed by atoms with E-state index in [-0.39, 0.29) is 47.4 Å². The van der Waals surface area contributed by atoms with E-state index in [2.05, 4.69) is 10.1 Å². The molecule has 0 radical (unpaired) electrons. The molecule has 0 saturated carbocycles. The minimum atomic E-state index is -4.47. The molecule has 0 atom stereocenters. The van der Waals surface area contributed by atoms with Crippen LogP contribution in [0, 0.1) is 0 Å². The molecule has 1 aliphatic heterocycles. The fourth-order valence-corrected chi connectivity index (χ4v) is 6.17. The Kier molecular flexibility index (Phi) is 8.32. The van der Waals surface area contributed by atoms with Crippen LogP contribution in [0.15, 0.2) is 57.9 Å². The minimum Gasteiger partial charge on any atom is -0.334 e. The van der Waals surface area contributed by atoms with E-state index in [0.717, 1.165) is 12.1 Å². The second-order valence-electron chi connectivity index (χ2n) is 8.40. The molecular weight excluding hydrogens is 537 g/mol. The van der Waals surface area contributed by atoms with Gasteiger partial charge >= 0.3 is 6.18 Å². The van der Waals surface area contributed by atoms with Crippen LogP contribution in [0.4, 0.5) is 13.2 Å². The van der Waals surface area contributed by atoms with Crippen LogP contribution in [-0.4, -0.2) is 59.0 Å². The van der Waals surface area contributed by atoms with E-state index in [1.807, 2.05) is 11.8 Å². The largest absolute Gasteiger partial charge is 0.416 e. The number of hydroxylamine groups is 1. The number of hydrogen-bond donors (Lipinski definition) is 2. The van der Waals surface area contributed by atoms with Crippen molar-refractivity contribution >= 4 is 28.2 Å². The maximum absolute atomic E-state index is 13.5. The normalized spacial score (nSPS) is 16.1.